The van der Waals surface area contributed by atoms with E-state index < -0.39 is 0 Å². The number of hydrogen-bond acceptors (Lipinski definition) is 2. The Kier molecular flexibility index (Phi) is 3.70. The van der Waals surface area contributed by atoms with Gasteiger partial charge in [0.15, 0.2) is 0 Å². The molecule has 0 unspecified atom stereocenters. The fourth-order valence-corrected chi connectivity index (χ4v) is 3.60. The van der Waals surface area contributed by atoms with Crippen LogP contribution in [0.25, 0.3) is 4.48 Å². The summed E-state index contributed by atoms with van der Waals surface area (Å²) >= 11 is 13.8. The van der Waals surface area contributed by atoms with E-state index in [0.717, 1.165) is 24.0 Å². The molecule has 0 saturated carbocycles. The van der Waals surface area contributed by atoms with Gasteiger partial charge in [0.2, 0.25) is 0 Å². The predicted molar refractivity (Wildman–Crippen MR) is 75.0 cm³/mol. The quantitative estimate of drug-likeness (QED) is 0.543. The standard InChI is InChI=1S/C9H4Br4N2/c10-5-2-1-3-7-8(5)9(12)6(11)4-15(13)14-7/h1-4H. The van der Waals surface area contributed by atoms with E-state index in [1.807, 2.05) is 24.4 Å². The number of hydrogen-bond donors (Lipinski definition) is 0. The third-order valence-corrected chi connectivity index (χ3v) is 4.83. The normalized spacial score (nSPS) is 15.3. The Hall–Kier alpha value is 0.350. The molecule has 78 valence electrons. The lowest BCUT2D eigenvalue weighted by molar-refractivity contribution is 0.671. The Morgan fingerprint density at radius 3 is 2.60 bits per heavy atom. The van der Waals surface area contributed by atoms with Crippen LogP contribution >= 0.6 is 63.9 Å². The van der Waals surface area contributed by atoms with Crippen molar-refractivity contribution in [2.24, 2.45) is 5.10 Å². The second-order valence-corrected chi connectivity index (χ2v) is 6.04. The highest BCUT2D eigenvalue weighted by atomic mass is 79.9. The third kappa shape index (κ3) is 2.38. The predicted octanol–water partition coefficient (Wildman–Crippen LogP) is 3.35. The first-order valence-corrected chi connectivity index (χ1v) is 7.04. The van der Waals surface area contributed by atoms with Gasteiger partial charge in [0.25, 0.3) is 0 Å². The molecule has 0 fully saturated rings. The molecule has 2 rings (SSSR count). The minimum atomic E-state index is 0.888. The van der Waals surface area contributed by atoms with E-state index in [-0.39, 0.29) is 0 Å². The summed E-state index contributed by atoms with van der Waals surface area (Å²) in [7, 11) is 0. The van der Waals surface area contributed by atoms with Gasteiger partial charge in [-0.2, -0.15) is 5.10 Å². The van der Waals surface area contributed by atoms with Gasteiger partial charge < -0.3 is 0 Å². The molecule has 0 atom stereocenters. The fourth-order valence-electron chi connectivity index (χ4n) is 1.21. The Labute approximate surface area is 120 Å². The zero-order chi connectivity index (χ0) is 11.0. The number of benzene rings is 1. The highest BCUT2D eigenvalue weighted by Crippen LogP contribution is 2.26. The maximum absolute atomic E-state index is 4.36. The van der Waals surface area contributed by atoms with E-state index in [4.69, 9.17) is 0 Å². The van der Waals surface area contributed by atoms with Crippen LogP contribution in [0, 0.1) is 0 Å². The molecular formula is C9H4Br4N2. The molecule has 6 heteroatoms. The largest absolute Gasteiger partial charge is 0.203 e. The van der Waals surface area contributed by atoms with Crippen molar-refractivity contribution in [3.8, 4) is 0 Å². The van der Waals surface area contributed by atoms with Crippen molar-refractivity contribution in [3.63, 3.8) is 0 Å². The molecule has 0 radical (unpaired) electrons. The van der Waals surface area contributed by atoms with Crippen molar-refractivity contribution < 1.29 is 0 Å². The number of allylic oxidation sites excluding steroid dienone is 1. The van der Waals surface area contributed by atoms with Gasteiger partial charge in [-0.05, 0) is 44.0 Å². The lowest BCUT2D eigenvalue weighted by atomic mass is 10.2. The average molecular weight is 460 g/mol. The van der Waals surface area contributed by atoms with Crippen LogP contribution in [0.4, 0.5) is 0 Å². The van der Waals surface area contributed by atoms with Gasteiger partial charge in [0, 0.05) is 14.2 Å². The molecule has 1 aliphatic rings. The topological polar surface area (TPSA) is 15.6 Å². The molecule has 1 aromatic carbocycles. The Bertz CT molecular complexity index is 550. The van der Waals surface area contributed by atoms with E-state index in [2.05, 4.69) is 69.0 Å². The van der Waals surface area contributed by atoms with Gasteiger partial charge in [-0.15, -0.1) is 0 Å². The third-order valence-electron chi connectivity index (χ3n) is 1.84. The van der Waals surface area contributed by atoms with Crippen LogP contribution in [-0.4, -0.2) is 4.03 Å². The molecule has 1 aromatic rings. The molecule has 0 saturated heterocycles. The van der Waals surface area contributed by atoms with Crippen LogP contribution in [0.15, 0.2) is 38.5 Å². The Morgan fingerprint density at radius 2 is 1.87 bits per heavy atom. The Balaban J connectivity index is 2.95. The van der Waals surface area contributed by atoms with Crippen LogP contribution in [0.3, 0.4) is 0 Å². The maximum Gasteiger partial charge on any atom is 0.0940 e. The lowest BCUT2D eigenvalue weighted by Gasteiger charge is -2.00. The molecule has 1 aliphatic heterocycles. The van der Waals surface area contributed by atoms with Crippen molar-refractivity contribution in [1.29, 1.82) is 0 Å². The van der Waals surface area contributed by atoms with Crippen molar-refractivity contribution in [2.45, 2.75) is 0 Å². The number of rotatable bonds is 0. The second kappa shape index (κ2) is 4.69. The number of nitrogens with zero attached hydrogens (tertiary/aromatic N) is 2. The van der Waals surface area contributed by atoms with E-state index in [0.29, 0.717) is 0 Å². The van der Waals surface area contributed by atoms with Crippen molar-refractivity contribution in [1.82, 2.24) is 4.03 Å². The number of fused-ring (bicyclic) bond motifs is 1. The molecule has 0 N–H and O–H groups in total. The molecule has 0 spiro atoms. The van der Waals surface area contributed by atoms with Crippen LogP contribution in [-0.2, 0) is 0 Å². The van der Waals surface area contributed by atoms with Crippen LogP contribution in [0.2, 0.25) is 0 Å². The van der Waals surface area contributed by atoms with Gasteiger partial charge in [-0.3, -0.25) is 0 Å². The van der Waals surface area contributed by atoms with E-state index >= 15 is 0 Å². The fraction of sp³-hybridized carbons (Fsp3) is 0. The summed E-state index contributed by atoms with van der Waals surface area (Å²) in [5.41, 5.74) is 0. The molecular weight excluding hydrogens is 456 g/mol. The first-order chi connectivity index (χ1) is 7.09. The smallest absolute Gasteiger partial charge is 0.0940 e. The van der Waals surface area contributed by atoms with Gasteiger partial charge >= 0.3 is 0 Å². The minimum absolute atomic E-state index is 0.888. The van der Waals surface area contributed by atoms with Crippen molar-refractivity contribution in [2.75, 3.05) is 0 Å². The lowest BCUT2D eigenvalue weighted by Crippen LogP contribution is -2.27. The van der Waals surface area contributed by atoms with Crippen LogP contribution in [0.1, 0.15) is 0 Å². The molecule has 0 aliphatic carbocycles. The van der Waals surface area contributed by atoms with Gasteiger partial charge in [-0.25, -0.2) is 4.03 Å². The van der Waals surface area contributed by atoms with Crippen LogP contribution < -0.4 is 10.6 Å². The zero-order valence-electron chi connectivity index (χ0n) is 7.22. The SMILES string of the molecule is BrC1=CN(Br)N=c2cccc(Br)c2=C1Br. The molecule has 2 nitrogen and oxygen atoms in total. The highest BCUT2D eigenvalue weighted by molar-refractivity contribution is 9.17. The summed E-state index contributed by atoms with van der Waals surface area (Å²) in [5, 5.41) is 6.28. The van der Waals surface area contributed by atoms with Gasteiger partial charge in [0.05, 0.1) is 32.2 Å². The monoisotopic (exact) mass is 456 g/mol. The van der Waals surface area contributed by atoms with E-state index in [9.17, 15) is 0 Å². The van der Waals surface area contributed by atoms with Gasteiger partial charge in [-0.1, -0.05) is 22.0 Å². The summed E-state index contributed by atoms with van der Waals surface area (Å²) in [5.74, 6) is 0. The second-order valence-electron chi connectivity index (χ2n) is 2.81. The molecule has 0 bridgehead atoms. The van der Waals surface area contributed by atoms with Crippen LogP contribution in [0.5, 0.6) is 0 Å². The average Bonchev–Trinajstić information content (AvgIpc) is 2.26. The molecule has 1 heterocycles. The summed E-state index contributed by atoms with van der Waals surface area (Å²) in [4.78, 5) is 0. The number of halogens is 4. The van der Waals surface area contributed by atoms with E-state index in [1.54, 1.807) is 4.03 Å². The Morgan fingerprint density at radius 1 is 1.13 bits per heavy atom. The van der Waals surface area contributed by atoms with Crippen molar-refractivity contribution in [3.05, 3.63) is 43.9 Å². The first-order valence-electron chi connectivity index (χ1n) is 3.95. The minimum Gasteiger partial charge on any atom is -0.203 e. The maximum atomic E-state index is 4.36. The van der Waals surface area contributed by atoms with Gasteiger partial charge in [0.1, 0.15) is 0 Å². The molecule has 0 amide bonds. The first kappa shape index (κ1) is 11.8. The summed E-state index contributed by atoms with van der Waals surface area (Å²) in [6.45, 7) is 0. The van der Waals surface area contributed by atoms with E-state index in [1.165, 1.54) is 0 Å². The summed E-state index contributed by atoms with van der Waals surface area (Å²) in [6.07, 6.45) is 1.83. The molecule has 15 heavy (non-hydrogen) atoms. The van der Waals surface area contributed by atoms with Crippen molar-refractivity contribution >= 4 is 68.4 Å². The summed E-state index contributed by atoms with van der Waals surface area (Å²) in [6, 6.07) is 5.89. The molecule has 0 aromatic heterocycles. The summed E-state index contributed by atoms with van der Waals surface area (Å²) < 4.78 is 4.49. The zero-order valence-corrected chi connectivity index (χ0v) is 13.6. The highest BCUT2D eigenvalue weighted by Gasteiger charge is 2.09.